The summed E-state index contributed by atoms with van der Waals surface area (Å²) < 4.78 is 94.6. The molecular formula is C59H68F6N8O6. The van der Waals surface area contributed by atoms with Crippen LogP contribution in [-0.4, -0.2) is 79.2 Å². The highest BCUT2D eigenvalue weighted by molar-refractivity contribution is 6.04. The van der Waals surface area contributed by atoms with Crippen LogP contribution in [0.2, 0.25) is 0 Å². The van der Waals surface area contributed by atoms with Crippen LogP contribution in [0.5, 0.6) is 0 Å². The van der Waals surface area contributed by atoms with Crippen LogP contribution in [0.25, 0.3) is 0 Å². The number of nitrogens with one attached hydrogen (secondary N) is 1. The molecule has 4 amide bonds. The lowest BCUT2D eigenvalue weighted by atomic mass is 9.81. The Kier molecular flexibility index (Phi) is 20.0. The number of nitrogens with two attached hydrogens (primary N) is 1. The normalized spacial score (nSPS) is 16.6. The number of halogens is 6. The van der Waals surface area contributed by atoms with Gasteiger partial charge in [0.05, 0.1) is 70.6 Å². The smallest absolute Gasteiger partial charge is 0.416 e. The Morgan fingerprint density at radius 1 is 0.646 bits per heavy atom. The Labute approximate surface area is 457 Å². The van der Waals surface area contributed by atoms with Gasteiger partial charge in [0, 0.05) is 37.6 Å². The molecule has 0 spiro atoms. The van der Waals surface area contributed by atoms with Gasteiger partial charge in [-0.05, 0) is 143 Å². The van der Waals surface area contributed by atoms with Crippen LogP contribution in [0.4, 0.5) is 47.3 Å². The zero-order chi connectivity index (χ0) is 57.8. The van der Waals surface area contributed by atoms with E-state index in [-0.39, 0.29) is 71.6 Å². The molecule has 2 aliphatic heterocycles. The Bertz CT molecular complexity index is 2970. The third-order valence-electron chi connectivity index (χ3n) is 14.3. The quantitative estimate of drug-likeness (QED) is 0.0255. The molecule has 0 bridgehead atoms. The number of nitriles is 1. The molecule has 14 nitrogen and oxygen atoms in total. The van der Waals surface area contributed by atoms with Crippen molar-refractivity contribution in [3.05, 3.63) is 153 Å². The van der Waals surface area contributed by atoms with Crippen molar-refractivity contribution in [1.82, 2.24) is 15.1 Å². The minimum absolute atomic E-state index is 0.00414. The van der Waals surface area contributed by atoms with Gasteiger partial charge >= 0.3 is 36.4 Å². The molecule has 2 aliphatic rings. The van der Waals surface area contributed by atoms with Crippen LogP contribution < -0.4 is 20.9 Å². The van der Waals surface area contributed by atoms with E-state index in [1.165, 1.54) is 41.0 Å². The standard InChI is InChI=1S/C59H68F6N8O6/c1-8-57(6,7)43-29-27-42(28-30-43)51-49(53(75)79-10-3)39(5)73(47-22-18-20-45(36-47)59(63,64)65)56(77)71(51)34-16-12-14-32-69-54(67)68-31-13-11-15-33-70-50(41-25-23-40(37-66)24-26-41)48(52(74)78-9-2)38(4)72(55(70)76)46-21-17-19-44(35-46)58(60,61)62/h17-30,35-36,50-51H,8-16,31-34H2,1-7H3,(H3,67,68,69)/t50-,51-/m1/s1. The summed E-state index contributed by atoms with van der Waals surface area (Å²) in [5, 5.41) is 12.6. The predicted octanol–water partition coefficient (Wildman–Crippen LogP) is 12.9. The second-order valence-corrected chi connectivity index (χ2v) is 19.9. The van der Waals surface area contributed by atoms with E-state index >= 15 is 0 Å². The van der Waals surface area contributed by atoms with Crippen LogP contribution >= 0.6 is 0 Å². The van der Waals surface area contributed by atoms with E-state index in [2.05, 4.69) is 37.1 Å². The van der Waals surface area contributed by atoms with E-state index in [1.54, 1.807) is 45.0 Å². The number of nitrogens with zero attached hydrogens (tertiary/aromatic N) is 6. The zero-order valence-corrected chi connectivity index (χ0v) is 45.6. The number of esters is 2. The number of benzene rings is 4. The van der Waals surface area contributed by atoms with Gasteiger partial charge in [0.1, 0.15) is 0 Å². The Hall–Kier alpha value is -7.82. The number of aliphatic imine (C=N–C) groups is 1. The van der Waals surface area contributed by atoms with Gasteiger partial charge < -0.3 is 30.3 Å². The monoisotopic (exact) mass is 1100 g/mol. The van der Waals surface area contributed by atoms with Gasteiger partial charge in [0.15, 0.2) is 5.96 Å². The van der Waals surface area contributed by atoms with Crippen molar-refractivity contribution in [3.8, 4) is 6.07 Å². The first kappa shape index (κ1) is 60.4. The molecule has 6 rings (SSSR count). The predicted molar refractivity (Wildman–Crippen MR) is 289 cm³/mol. The molecule has 2 atom stereocenters. The van der Waals surface area contributed by atoms with Gasteiger partial charge in [0.2, 0.25) is 0 Å². The summed E-state index contributed by atoms with van der Waals surface area (Å²) in [4.78, 5) is 66.5. The van der Waals surface area contributed by atoms with Crippen LogP contribution in [0.3, 0.4) is 0 Å². The van der Waals surface area contributed by atoms with Crippen molar-refractivity contribution in [1.29, 1.82) is 5.26 Å². The topological polar surface area (TPSA) is 174 Å². The maximum atomic E-state index is 14.7. The first-order valence-electron chi connectivity index (χ1n) is 26.4. The Morgan fingerprint density at radius 2 is 1.09 bits per heavy atom. The van der Waals surface area contributed by atoms with Crippen LogP contribution in [0, 0.1) is 11.3 Å². The highest BCUT2D eigenvalue weighted by atomic mass is 19.4. The molecule has 4 aromatic rings. The van der Waals surface area contributed by atoms with Crippen LogP contribution in [0.15, 0.2) is 125 Å². The highest BCUT2D eigenvalue weighted by Gasteiger charge is 2.45. The summed E-state index contributed by atoms with van der Waals surface area (Å²) in [5.41, 5.74) is 7.04. The van der Waals surface area contributed by atoms with Crippen LogP contribution in [0.1, 0.15) is 139 Å². The van der Waals surface area contributed by atoms with E-state index in [9.17, 15) is 50.8 Å². The number of amides is 4. The number of hydrogen-bond acceptors (Lipinski definition) is 8. The second kappa shape index (κ2) is 26.2. The molecule has 422 valence electrons. The molecule has 0 aliphatic carbocycles. The van der Waals surface area contributed by atoms with E-state index in [0.29, 0.717) is 68.3 Å². The summed E-state index contributed by atoms with van der Waals surface area (Å²) in [6.07, 6.45) is -5.42. The number of unbranched alkanes of at least 4 members (excludes halogenated alkanes) is 4. The number of urea groups is 2. The zero-order valence-electron chi connectivity index (χ0n) is 45.6. The second-order valence-electron chi connectivity index (χ2n) is 19.9. The van der Waals surface area contributed by atoms with Crippen molar-refractivity contribution in [3.63, 3.8) is 0 Å². The Balaban J connectivity index is 1.11. The molecular weight excluding hydrogens is 1030 g/mol. The number of hydrogen-bond donors (Lipinski definition) is 2. The lowest BCUT2D eigenvalue weighted by Crippen LogP contribution is -2.51. The average molecular weight is 1100 g/mol. The Morgan fingerprint density at radius 3 is 1.51 bits per heavy atom. The van der Waals surface area contributed by atoms with Crippen LogP contribution in [-0.2, 0) is 36.8 Å². The minimum Gasteiger partial charge on any atom is -0.463 e. The molecule has 20 heteroatoms. The molecule has 3 N–H and O–H groups in total. The SMILES string of the molecule is CCOC(=O)C1=C(C)N(c2cccc(C(F)(F)F)c2)C(=O)N(CCCCCN=C(N)NCCCCCN2C(=O)N(c3cccc(C(F)(F)F)c3)C(C)=C(C(=O)OCC)[C@H]2c2ccc(C(C)(C)CC)cc2)[C@@H]1c1ccc(C#N)cc1. The number of ether oxygens (including phenoxy) is 2. The molecule has 0 aromatic heterocycles. The number of anilines is 2. The third kappa shape index (κ3) is 14.3. The highest BCUT2D eigenvalue weighted by Crippen LogP contribution is 2.44. The van der Waals surface area contributed by atoms with E-state index in [0.717, 1.165) is 46.0 Å². The number of guanidine groups is 1. The van der Waals surface area contributed by atoms with Crippen molar-refractivity contribution >= 4 is 41.3 Å². The molecule has 0 unspecified atom stereocenters. The molecule has 2 heterocycles. The number of carbonyl (C=O) groups is 4. The first-order chi connectivity index (χ1) is 37.5. The molecule has 0 saturated carbocycles. The number of carbonyl (C=O) groups excluding carboxylic acids is 4. The molecule has 0 radical (unpaired) electrons. The fourth-order valence-corrected chi connectivity index (χ4v) is 9.73. The van der Waals surface area contributed by atoms with E-state index in [4.69, 9.17) is 15.2 Å². The summed E-state index contributed by atoms with van der Waals surface area (Å²) in [5.74, 6) is -1.26. The molecule has 0 saturated heterocycles. The van der Waals surface area contributed by atoms with Crippen molar-refractivity contribution < 1.29 is 55.0 Å². The van der Waals surface area contributed by atoms with Crippen molar-refractivity contribution in [2.75, 3.05) is 49.2 Å². The summed E-state index contributed by atoms with van der Waals surface area (Å²) >= 11 is 0. The summed E-state index contributed by atoms with van der Waals surface area (Å²) in [6.45, 7) is 13.6. The third-order valence-corrected chi connectivity index (χ3v) is 14.3. The minimum atomic E-state index is -4.70. The van der Waals surface area contributed by atoms with Gasteiger partial charge in [-0.1, -0.05) is 69.3 Å². The average Bonchev–Trinajstić information content (AvgIpc) is 3.43. The first-order valence-corrected chi connectivity index (χ1v) is 26.4. The van der Waals surface area contributed by atoms with Crippen molar-refractivity contribution in [2.45, 2.75) is 123 Å². The number of alkyl halides is 6. The lowest BCUT2D eigenvalue weighted by molar-refractivity contribution is -0.140. The fraction of sp³-hybridized carbons (Fsp3) is 0.424. The van der Waals surface area contributed by atoms with Gasteiger partial charge in [-0.2, -0.15) is 31.6 Å². The van der Waals surface area contributed by atoms with E-state index in [1.807, 2.05) is 24.3 Å². The maximum absolute atomic E-state index is 14.7. The van der Waals surface area contributed by atoms with E-state index < -0.39 is 59.6 Å². The summed E-state index contributed by atoms with van der Waals surface area (Å²) in [6, 6.07) is 21.7. The van der Waals surface area contributed by atoms with Gasteiger partial charge in [0.25, 0.3) is 0 Å². The van der Waals surface area contributed by atoms with Gasteiger partial charge in [-0.15, -0.1) is 0 Å². The number of allylic oxidation sites excluding steroid dienone is 2. The maximum Gasteiger partial charge on any atom is 0.416 e. The largest absolute Gasteiger partial charge is 0.463 e. The molecule has 4 aromatic carbocycles. The van der Waals surface area contributed by atoms with Gasteiger partial charge in [-0.3, -0.25) is 14.8 Å². The van der Waals surface area contributed by atoms with Crippen molar-refractivity contribution in [2.24, 2.45) is 10.7 Å². The summed E-state index contributed by atoms with van der Waals surface area (Å²) in [7, 11) is 0. The van der Waals surface area contributed by atoms with Gasteiger partial charge in [-0.25, -0.2) is 19.2 Å². The lowest BCUT2D eigenvalue weighted by Gasteiger charge is -2.43. The molecule has 79 heavy (non-hydrogen) atoms. The number of rotatable bonds is 22. The molecule has 0 fully saturated rings. The fourth-order valence-electron chi connectivity index (χ4n) is 9.73.